The SMILES string of the molecule is CCOc1ccc(C2CCCN2CC(=O)Nc2ccccc2N2CCOCC2)cc1. The van der Waals surface area contributed by atoms with E-state index in [0.29, 0.717) is 13.2 Å². The van der Waals surface area contributed by atoms with E-state index in [1.165, 1.54) is 5.56 Å². The highest BCUT2D eigenvalue weighted by Crippen LogP contribution is 2.33. The maximum absolute atomic E-state index is 12.9. The van der Waals surface area contributed by atoms with Gasteiger partial charge in [-0.1, -0.05) is 24.3 Å². The number of nitrogens with zero attached hydrogens (tertiary/aromatic N) is 2. The molecule has 1 atom stereocenters. The molecule has 2 aliphatic rings. The van der Waals surface area contributed by atoms with Crippen LogP contribution in [-0.4, -0.2) is 56.8 Å². The number of amides is 1. The van der Waals surface area contributed by atoms with Crippen LogP contribution in [0.1, 0.15) is 31.4 Å². The summed E-state index contributed by atoms with van der Waals surface area (Å²) in [5.41, 5.74) is 3.19. The van der Waals surface area contributed by atoms with Crippen molar-refractivity contribution in [3.05, 3.63) is 54.1 Å². The van der Waals surface area contributed by atoms with Gasteiger partial charge < -0.3 is 19.7 Å². The molecule has 2 heterocycles. The zero-order chi connectivity index (χ0) is 20.8. The fraction of sp³-hybridized carbons (Fsp3) is 0.458. The number of benzene rings is 2. The summed E-state index contributed by atoms with van der Waals surface area (Å²) in [6, 6.07) is 16.6. The molecule has 1 N–H and O–H groups in total. The third kappa shape index (κ3) is 4.94. The summed E-state index contributed by atoms with van der Waals surface area (Å²) in [5, 5.41) is 3.15. The summed E-state index contributed by atoms with van der Waals surface area (Å²) in [6.07, 6.45) is 2.18. The van der Waals surface area contributed by atoms with E-state index in [-0.39, 0.29) is 11.9 Å². The molecular weight excluding hydrogens is 378 g/mol. The summed E-state index contributed by atoms with van der Waals surface area (Å²) in [7, 11) is 0. The van der Waals surface area contributed by atoms with Crippen LogP contribution in [0.4, 0.5) is 11.4 Å². The van der Waals surface area contributed by atoms with E-state index < -0.39 is 0 Å². The molecule has 0 radical (unpaired) electrons. The molecule has 1 amide bonds. The predicted octanol–water partition coefficient (Wildman–Crippen LogP) is 3.70. The number of carbonyl (C=O) groups is 1. The van der Waals surface area contributed by atoms with Crippen molar-refractivity contribution in [2.45, 2.75) is 25.8 Å². The summed E-state index contributed by atoms with van der Waals surface area (Å²) in [6.45, 7) is 7.13. The summed E-state index contributed by atoms with van der Waals surface area (Å²) >= 11 is 0. The number of hydrogen-bond donors (Lipinski definition) is 1. The lowest BCUT2D eigenvalue weighted by Crippen LogP contribution is -2.37. The average Bonchev–Trinajstić information content (AvgIpc) is 3.23. The van der Waals surface area contributed by atoms with Gasteiger partial charge >= 0.3 is 0 Å². The molecule has 0 spiro atoms. The number of nitrogens with one attached hydrogen (secondary N) is 1. The van der Waals surface area contributed by atoms with Crippen molar-refractivity contribution in [1.29, 1.82) is 0 Å². The van der Waals surface area contributed by atoms with Crippen molar-refractivity contribution in [1.82, 2.24) is 4.90 Å². The average molecular weight is 410 g/mol. The molecule has 2 fully saturated rings. The highest BCUT2D eigenvalue weighted by molar-refractivity contribution is 5.95. The Kier molecular flexibility index (Phi) is 6.87. The first-order valence-corrected chi connectivity index (χ1v) is 10.9. The first-order chi connectivity index (χ1) is 14.7. The maximum atomic E-state index is 12.9. The third-order valence-electron chi connectivity index (χ3n) is 5.82. The zero-order valence-corrected chi connectivity index (χ0v) is 17.7. The molecule has 6 nitrogen and oxygen atoms in total. The summed E-state index contributed by atoms with van der Waals surface area (Å²) in [5.74, 6) is 0.928. The van der Waals surface area contributed by atoms with Crippen LogP contribution < -0.4 is 15.0 Å². The molecule has 30 heavy (non-hydrogen) atoms. The molecular formula is C24H31N3O3. The quantitative estimate of drug-likeness (QED) is 0.756. The minimum absolute atomic E-state index is 0.0357. The Balaban J connectivity index is 1.40. The van der Waals surface area contributed by atoms with Crippen molar-refractivity contribution in [2.75, 3.05) is 56.2 Å². The molecule has 0 aliphatic carbocycles. The maximum Gasteiger partial charge on any atom is 0.238 e. The Morgan fingerprint density at radius 2 is 1.87 bits per heavy atom. The topological polar surface area (TPSA) is 54.0 Å². The Labute approximate surface area is 178 Å². The predicted molar refractivity (Wildman–Crippen MR) is 119 cm³/mol. The highest BCUT2D eigenvalue weighted by Gasteiger charge is 2.28. The number of likely N-dealkylation sites (tertiary alicyclic amines) is 1. The van der Waals surface area contributed by atoms with Crippen LogP contribution in [0.3, 0.4) is 0 Å². The van der Waals surface area contributed by atoms with Crippen LogP contribution >= 0.6 is 0 Å². The number of morpholine rings is 1. The van der Waals surface area contributed by atoms with Crippen LogP contribution in [0.5, 0.6) is 5.75 Å². The first kappa shape index (κ1) is 20.7. The van der Waals surface area contributed by atoms with Gasteiger partial charge in [0.15, 0.2) is 0 Å². The Hall–Kier alpha value is -2.57. The van der Waals surface area contributed by atoms with E-state index in [4.69, 9.17) is 9.47 Å². The van der Waals surface area contributed by atoms with Crippen molar-refractivity contribution < 1.29 is 14.3 Å². The van der Waals surface area contributed by atoms with Gasteiger partial charge in [0.05, 0.1) is 37.7 Å². The lowest BCUT2D eigenvalue weighted by atomic mass is 10.0. The Morgan fingerprint density at radius 1 is 1.10 bits per heavy atom. The van der Waals surface area contributed by atoms with Gasteiger partial charge in [-0.25, -0.2) is 0 Å². The van der Waals surface area contributed by atoms with Gasteiger partial charge in [0.25, 0.3) is 0 Å². The van der Waals surface area contributed by atoms with E-state index in [1.807, 2.05) is 37.3 Å². The number of hydrogen-bond acceptors (Lipinski definition) is 5. The van der Waals surface area contributed by atoms with E-state index >= 15 is 0 Å². The van der Waals surface area contributed by atoms with Crippen LogP contribution in [0, 0.1) is 0 Å². The molecule has 1 unspecified atom stereocenters. The second kappa shape index (κ2) is 9.96. The van der Waals surface area contributed by atoms with Gasteiger partial charge in [-0.2, -0.15) is 0 Å². The molecule has 6 heteroatoms. The van der Waals surface area contributed by atoms with Gasteiger partial charge in [0, 0.05) is 19.1 Å². The molecule has 2 aromatic rings. The van der Waals surface area contributed by atoms with Gasteiger partial charge in [-0.3, -0.25) is 9.69 Å². The molecule has 0 aromatic heterocycles. The highest BCUT2D eigenvalue weighted by atomic mass is 16.5. The second-order valence-corrected chi connectivity index (χ2v) is 7.80. The minimum Gasteiger partial charge on any atom is -0.494 e. The van der Waals surface area contributed by atoms with Gasteiger partial charge in [0.2, 0.25) is 5.91 Å². The largest absolute Gasteiger partial charge is 0.494 e. The van der Waals surface area contributed by atoms with Crippen molar-refractivity contribution in [3.63, 3.8) is 0 Å². The Bertz CT molecular complexity index is 834. The van der Waals surface area contributed by atoms with Gasteiger partial charge in [-0.05, 0) is 56.1 Å². The molecule has 2 saturated heterocycles. The van der Waals surface area contributed by atoms with E-state index in [9.17, 15) is 4.79 Å². The number of rotatable bonds is 7. The normalized spacial score (nSPS) is 19.6. The number of carbonyl (C=O) groups excluding carboxylic acids is 1. The second-order valence-electron chi connectivity index (χ2n) is 7.80. The van der Waals surface area contributed by atoms with Crippen LogP contribution in [0.25, 0.3) is 0 Å². The fourth-order valence-electron chi connectivity index (χ4n) is 4.38. The van der Waals surface area contributed by atoms with Gasteiger partial charge in [-0.15, -0.1) is 0 Å². The molecule has 0 saturated carbocycles. The number of ether oxygens (including phenoxy) is 2. The standard InChI is InChI=1S/C24H31N3O3/c1-2-30-20-11-9-19(10-12-20)22-8-5-13-27(22)18-24(28)25-21-6-3-4-7-23(21)26-14-16-29-17-15-26/h3-4,6-7,9-12,22H,2,5,8,13-18H2,1H3,(H,25,28). The number of anilines is 2. The fourth-order valence-corrected chi connectivity index (χ4v) is 4.38. The molecule has 2 aliphatic heterocycles. The lowest BCUT2D eigenvalue weighted by Gasteiger charge is -2.31. The first-order valence-electron chi connectivity index (χ1n) is 10.9. The lowest BCUT2D eigenvalue weighted by molar-refractivity contribution is -0.117. The third-order valence-corrected chi connectivity index (χ3v) is 5.82. The van der Waals surface area contributed by atoms with Crippen molar-refractivity contribution in [2.24, 2.45) is 0 Å². The molecule has 4 rings (SSSR count). The van der Waals surface area contributed by atoms with E-state index in [1.54, 1.807) is 0 Å². The van der Waals surface area contributed by atoms with E-state index in [0.717, 1.165) is 62.8 Å². The monoisotopic (exact) mass is 409 g/mol. The Morgan fingerprint density at radius 3 is 2.63 bits per heavy atom. The number of para-hydroxylation sites is 2. The van der Waals surface area contributed by atoms with Crippen molar-refractivity contribution in [3.8, 4) is 5.75 Å². The van der Waals surface area contributed by atoms with E-state index in [2.05, 4.69) is 33.3 Å². The minimum atomic E-state index is 0.0357. The summed E-state index contributed by atoms with van der Waals surface area (Å²) in [4.78, 5) is 17.5. The van der Waals surface area contributed by atoms with Crippen molar-refractivity contribution >= 4 is 17.3 Å². The van der Waals surface area contributed by atoms with Crippen LogP contribution in [-0.2, 0) is 9.53 Å². The van der Waals surface area contributed by atoms with Crippen LogP contribution in [0.15, 0.2) is 48.5 Å². The smallest absolute Gasteiger partial charge is 0.238 e. The van der Waals surface area contributed by atoms with Crippen LogP contribution in [0.2, 0.25) is 0 Å². The van der Waals surface area contributed by atoms with Gasteiger partial charge in [0.1, 0.15) is 5.75 Å². The summed E-state index contributed by atoms with van der Waals surface area (Å²) < 4.78 is 11.0. The molecule has 2 aromatic carbocycles. The zero-order valence-electron chi connectivity index (χ0n) is 17.7. The molecule has 160 valence electrons. The molecule has 0 bridgehead atoms.